The smallest absolute Gasteiger partial charge is 0.247 e. The minimum atomic E-state index is 0.0901. The lowest BCUT2D eigenvalue weighted by atomic mass is 9.95. The van der Waals surface area contributed by atoms with Gasteiger partial charge in [0.25, 0.3) is 0 Å². The Balaban J connectivity index is 1.49. The van der Waals surface area contributed by atoms with Crippen LogP contribution >= 0.6 is 0 Å². The van der Waals surface area contributed by atoms with Crippen LogP contribution in [0.4, 0.5) is 0 Å². The fourth-order valence-corrected chi connectivity index (χ4v) is 3.82. The number of fused-ring (bicyclic) bond motifs is 1. The van der Waals surface area contributed by atoms with Crippen molar-refractivity contribution >= 4 is 5.91 Å². The summed E-state index contributed by atoms with van der Waals surface area (Å²) in [5.74, 6) is 2.92. The third-order valence-electron chi connectivity index (χ3n) is 5.48. The Morgan fingerprint density at radius 3 is 2.85 bits per heavy atom. The standard InChI is InChI=1S/C20H25N3O4/c1-3-13(4-2)20(24)23-9-5-6-15(11-23)19-22-21-18(27-19)14-7-8-16-17(10-14)26-12-25-16/h7-8,10,13,15H,3-6,9,11-12H2,1-2H3. The number of ether oxygens (including phenoxy) is 2. The Morgan fingerprint density at radius 2 is 2.04 bits per heavy atom. The fraction of sp³-hybridized carbons (Fsp3) is 0.550. The highest BCUT2D eigenvalue weighted by atomic mass is 16.7. The number of hydrogen-bond donors (Lipinski definition) is 0. The van der Waals surface area contributed by atoms with Gasteiger partial charge in [-0.15, -0.1) is 10.2 Å². The van der Waals surface area contributed by atoms with E-state index in [1.807, 2.05) is 23.1 Å². The number of benzene rings is 1. The van der Waals surface area contributed by atoms with E-state index in [-0.39, 0.29) is 24.5 Å². The van der Waals surface area contributed by atoms with Crippen molar-refractivity contribution in [3.05, 3.63) is 24.1 Å². The monoisotopic (exact) mass is 371 g/mol. The van der Waals surface area contributed by atoms with Crippen LogP contribution < -0.4 is 9.47 Å². The number of piperidine rings is 1. The number of aromatic nitrogens is 2. The Labute approximate surface area is 158 Å². The van der Waals surface area contributed by atoms with Gasteiger partial charge in [0, 0.05) is 24.6 Å². The fourth-order valence-electron chi connectivity index (χ4n) is 3.82. The van der Waals surface area contributed by atoms with Crippen molar-refractivity contribution in [3.8, 4) is 23.0 Å². The molecule has 0 aliphatic carbocycles. The van der Waals surface area contributed by atoms with Crippen LogP contribution in [0.2, 0.25) is 0 Å². The second-order valence-corrected chi connectivity index (χ2v) is 7.15. The number of likely N-dealkylation sites (tertiary alicyclic amines) is 1. The third kappa shape index (κ3) is 3.50. The van der Waals surface area contributed by atoms with Gasteiger partial charge >= 0.3 is 0 Å². The normalized spacial score (nSPS) is 18.9. The average molecular weight is 371 g/mol. The number of rotatable bonds is 5. The summed E-state index contributed by atoms with van der Waals surface area (Å²) in [7, 11) is 0. The Morgan fingerprint density at radius 1 is 1.22 bits per heavy atom. The predicted molar refractivity (Wildman–Crippen MR) is 98.5 cm³/mol. The van der Waals surface area contributed by atoms with Gasteiger partial charge in [-0.3, -0.25) is 4.79 Å². The van der Waals surface area contributed by atoms with Crippen LogP contribution in [0.5, 0.6) is 11.5 Å². The maximum Gasteiger partial charge on any atom is 0.247 e. The Hall–Kier alpha value is -2.57. The van der Waals surface area contributed by atoms with Crippen molar-refractivity contribution in [2.75, 3.05) is 19.9 Å². The van der Waals surface area contributed by atoms with Crippen molar-refractivity contribution in [2.24, 2.45) is 5.92 Å². The van der Waals surface area contributed by atoms with Crippen molar-refractivity contribution in [1.82, 2.24) is 15.1 Å². The largest absolute Gasteiger partial charge is 0.454 e. The second kappa shape index (κ2) is 7.58. The minimum Gasteiger partial charge on any atom is -0.454 e. The number of amides is 1. The van der Waals surface area contributed by atoms with Crippen molar-refractivity contribution < 1.29 is 18.7 Å². The van der Waals surface area contributed by atoms with Gasteiger partial charge in [0.15, 0.2) is 11.5 Å². The zero-order valence-corrected chi connectivity index (χ0v) is 15.8. The summed E-state index contributed by atoms with van der Waals surface area (Å²) in [5, 5.41) is 8.47. The lowest BCUT2D eigenvalue weighted by Gasteiger charge is -2.33. The van der Waals surface area contributed by atoms with E-state index in [1.165, 1.54) is 0 Å². The van der Waals surface area contributed by atoms with E-state index in [2.05, 4.69) is 24.0 Å². The molecule has 3 heterocycles. The van der Waals surface area contributed by atoms with Crippen molar-refractivity contribution in [2.45, 2.75) is 45.4 Å². The molecule has 0 spiro atoms. The molecule has 1 fully saturated rings. The second-order valence-electron chi connectivity index (χ2n) is 7.15. The van der Waals surface area contributed by atoms with Gasteiger partial charge in [-0.25, -0.2) is 0 Å². The molecule has 1 saturated heterocycles. The van der Waals surface area contributed by atoms with Crippen molar-refractivity contribution in [1.29, 1.82) is 0 Å². The summed E-state index contributed by atoms with van der Waals surface area (Å²) >= 11 is 0. The average Bonchev–Trinajstić information content (AvgIpc) is 3.38. The first-order valence-corrected chi connectivity index (χ1v) is 9.71. The van der Waals surface area contributed by atoms with Gasteiger partial charge in [-0.1, -0.05) is 13.8 Å². The molecule has 1 aromatic heterocycles. The molecule has 7 heteroatoms. The molecule has 2 aliphatic heterocycles. The van der Waals surface area contributed by atoms with Crippen LogP contribution in [0.1, 0.15) is 51.3 Å². The summed E-state index contributed by atoms with van der Waals surface area (Å²) in [5.41, 5.74) is 0.804. The molecule has 1 aromatic carbocycles. The van der Waals surface area contributed by atoms with E-state index in [4.69, 9.17) is 13.9 Å². The van der Waals surface area contributed by atoms with Gasteiger partial charge in [0.2, 0.25) is 24.5 Å². The van der Waals surface area contributed by atoms with Crippen LogP contribution in [0.3, 0.4) is 0 Å². The molecule has 2 aromatic rings. The Kier molecular flexibility index (Phi) is 5.01. The highest BCUT2D eigenvalue weighted by molar-refractivity contribution is 5.79. The maximum atomic E-state index is 12.7. The van der Waals surface area contributed by atoms with Gasteiger partial charge in [-0.2, -0.15) is 0 Å². The summed E-state index contributed by atoms with van der Waals surface area (Å²) in [6, 6.07) is 5.58. The van der Waals surface area contributed by atoms with Crippen LogP contribution in [-0.2, 0) is 4.79 Å². The third-order valence-corrected chi connectivity index (χ3v) is 5.48. The van der Waals surface area contributed by atoms with E-state index in [1.54, 1.807) is 0 Å². The van der Waals surface area contributed by atoms with E-state index in [0.29, 0.717) is 24.1 Å². The van der Waals surface area contributed by atoms with Crippen LogP contribution in [0.25, 0.3) is 11.5 Å². The number of hydrogen-bond acceptors (Lipinski definition) is 6. The van der Waals surface area contributed by atoms with E-state index in [0.717, 1.165) is 43.5 Å². The molecule has 7 nitrogen and oxygen atoms in total. The summed E-state index contributed by atoms with van der Waals surface area (Å²) < 4.78 is 16.7. The molecular formula is C20H25N3O4. The maximum absolute atomic E-state index is 12.7. The molecule has 2 aliphatic rings. The molecule has 27 heavy (non-hydrogen) atoms. The highest BCUT2D eigenvalue weighted by Gasteiger charge is 2.31. The molecule has 1 amide bonds. The number of carbonyl (C=O) groups excluding carboxylic acids is 1. The molecule has 0 radical (unpaired) electrons. The minimum absolute atomic E-state index is 0.0901. The first-order valence-electron chi connectivity index (χ1n) is 9.71. The molecular weight excluding hydrogens is 346 g/mol. The Bertz CT molecular complexity index is 815. The quantitative estimate of drug-likeness (QED) is 0.799. The molecule has 1 atom stereocenters. The van der Waals surface area contributed by atoms with Crippen LogP contribution in [0, 0.1) is 5.92 Å². The van der Waals surface area contributed by atoms with E-state index in [9.17, 15) is 4.79 Å². The lowest BCUT2D eigenvalue weighted by molar-refractivity contribution is -0.137. The topological polar surface area (TPSA) is 77.7 Å². The lowest BCUT2D eigenvalue weighted by Crippen LogP contribution is -2.42. The first-order chi connectivity index (χ1) is 13.2. The first kappa shape index (κ1) is 17.8. The summed E-state index contributed by atoms with van der Waals surface area (Å²) in [6.07, 6.45) is 3.67. The van der Waals surface area contributed by atoms with Crippen molar-refractivity contribution in [3.63, 3.8) is 0 Å². The van der Waals surface area contributed by atoms with Gasteiger partial charge in [-0.05, 0) is 43.9 Å². The highest BCUT2D eigenvalue weighted by Crippen LogP contribution is 2.36. The predicted octanol–water partition coefficient (Wildman–Crippen LogP) is 3.61. The zero-order chi connectivity index (χ0) is 18.8. The molecule has 0 N–H and O–H groups in total. The molecule has 0 bridgehead atoms. The van der Waals surface area contributed by atoms with Crippen LogP contribution in [-0.4, -0.2) is 40.9 Å². The van der Waals surface area contributed by atoms with Gasteiger partial charge in [0.05, 0.1) is 5.92 Å². The van der Waals surface area contributed by atoms with Gasteiger partial charge < -0.3 is 18.8 Å². The summed E-state index contributed by atoms with van der Waals surface area (Å²) in [4.78, 5) is 14.7. The van der Waals surface area contributed by atoms with E-state index >= 15 is 0 Å². The molecule has 1 unspecified atom stereocenters. The molecule has 4 rings (SSSR count). The number of nitrogens with zero attached hydrogens (tertiary/aromatic N) is 3. The molecule has 0 saturated carbocycles. The van der Waals surface area contributed by atoms with E-state index < -0.39 is 0 Å². The zero-order valence-electron chi connectivity index (χ0n) is 15.8. The SMILES string of the molecule is CCC(CC)C(=O)N1CCCC(c2nnc(-c3ccc4c(c3)OCO4)o2)C1. The summed E-state index contributed by atoms with van der Waals surface area (Å²) in [6.45, 7) is 5.84. The van der Waals surface area contributed by atoms with Gasteiger partial charge in [0.1, 0.15) is 0 Å². The molecule has 144 valence electrons. The van der Waals surface area contributed by atoms with Crippen LogP contribution in [0.15, 0.2) is 22.6 Å². The number of carbonyl (C=O) groups is 1.